The Morgan fingerprint density at radius 1 is 1.06 bits per heavy atom. The molecule has 0 aliphatic heterocycles. The number of aromatic amines is 1. The smallest absolute Gasteiger partial charge is 0.258 e. The van der Waals surface area contributed by atoms with E-state index in [1.54, 1.807) is 12.3 Å². The minimum Gasteiger partial charge on any atom is -0.494 e. The minimum atomic E-state index is -0.155. The first-order valence-electron chi connectivity index (χ1n) is 11.3. The lowest BCUT2D eigenvalue weighted by Gasteiger charge is -2.13. The highest BCUT2D eigenvalue weighted by Gasteiger charge is 2.13. The molecule has 34 heavy (non-hydrogen) atoms. The third-order valence-electron chi connectivity index (χ3n) is 5.21. The number of nitrogens with one attached hydrogen (secondary N) is 3. The lowest BCUT2D eigenvalue weighted by molar-refractivity contribution is -0.123. The first kappa shape index (κ1) is 23.0. The van der Waals surface area contributed by atoms with Gasteiger partial charge in [-0.2, -0.15) is 5.10 Å². The van der Waals surface area contributed by atoms with Crippen molar-refractivity contribution in [2.75, 3.05) is 18.5 Å². The van der Waals surface area contributed by atoms with Crippen molar-refractivity contribution < 1.29 is 14.3 Å². The van der Waals surface area contributed by atoms with E-state index in [0.29, 0.717) is 29.8 Å². The molecule has 0 bridgehead atoms. The number of amides is 1. The maximum absolute atomic E-state index is 12.1. The van der Waals surface area contributed by atoms with Gasteiger partial charge in [0, 0.05) is 23.1 Å². The lowest BCUT2D eigenvalue weighted by atomic mass is 10.1. The normalized spacial score (nSPS) is 11.7. The predicted octanol–water partition coefficient (Wildman–Crippen LogP) is 4.46. The van der Waals surface area contributed by atoms with Crippen LogP contribution in [0.4, 0.5) is 11.6 Å². The van der Waals surface area contributed by atoms with Crippen LogP contribution in [0.1, 0.15) is 27.2 Å². The fourth-order valence-electron chi connectivity index (χ4n) is 3.33. The Kier molecular flexibility index (Phi) is 7.22. The molecule has 2 aromatic heterocycles. The summed E-state index contributed by atoms with van der Waals surface area (Å²) in [5.74, 6) is 2.99. The molecule has 0 aliphatic rings. The van der Waals surface area contributed by atoms with E-state index in [1.807, 2.05) is 63.2 Å². The van der Waals surface area contributed by atoms with Gasteiger partial charge in [-0.15, -0.1) is 0 Å². The van der Waals surface area contributed by atoms with Gasteiger partial charge in [0.1, 0.15) is 23.1 Å². The van der Waals surface area contributed by atoms with Gasteiger partial charge in [0.25, 0.3) is 5.91 Å². The van der Waals surface area contributed by atoms with Gasteiger partial charge >= 0.3 is 0 Å². The summed E-state index contributed by atoms with van der Waals surface area (Å²) < 4.78 is 11.4. The van der Waals surface area contributed by atoms with E-state index < -0.39 is 0 Å². The number of nitrogens with zero attached hydrogens (tertiary/aromatic N) is 3. The summed E-state index contributed by atoms with van der Waals surface area (Å²) in [5, 5.41) is 13.9. The van der Waals surface area contributed by atoms with E-state index in [0.717, 1.165) is 28.6 Å². The summed E-state index contributed by atoms with van der Waals surface area (Å²) in [6, 6.07) is 15.0. The topological polar surface area (TPSA) is 114 Å². The molecule has 0 radical (unpaired) electrons. The first-order chi connectivity index (χ1) is 16.6. The Morgan fingerprint density at radius 3 is 2.68 bits per heavy atom. The average Bonchev–Trinajstić information content (AvgIpc) is 3.36. The van der Waals surface area contributed by atoms with E-state index in [2.05, 4.69) is 20.8 Å². The SMILES string of the molecule is CCOc1ccc2nc(-c3cccc(OCC(=O)NC(C)CC)c3)nc(Nc3ccn[nH]3)c2c1. The fourth-order valence-corrected chi connectivity index (χ4v) is 3.33. The van der Waals surface area contributed by atoms with Crippen molar-refractivity contribution in [1.82, 2.24) is 25.5 Å². The number of ether oxygens (including phenoxy) is 2. The van der Waals surface area contributed by atoms with Crippen molar-refractivity contribution in [3.8, 4) is 22.9 Å². The van der Waals surface area contributed by atoms with Crippen molar-refractivity contribution in [1.29, 1.82) is 0 Å². The van der Waals surface area contributed by atoms with Gasteiger partial charge in [-0.05, 0) is 50.6 Å². The number of rotatable bonds is 10. The molecule has 0 fully saturated rings. The maximum atomic E-state index is 12.1. The summed E-state index contributed by atoms with van der Waals surface area (Å²) >= 11 is 0. The molecule has 4 rings (SSSR count). The van der Waals surface area contributed by atoms with Crippen LogP contribution in [-0.2, 0) is 4.79 Å². The van der Waals surface area contributed by atoms with E-state index in [1.165, 1.54) is 0 Å². The zero-order chi connectivity index (χ0) is 23.9. The summed E-state index contributed by atoms with van der Waals surface area (Å²) in [6.45, 7) is 6.43. The number of carbonyl (C=O) groups is 1. The van der Waals surface area contributed by atoms with Gasteiger partial charge in [0.2, 0.25) is 0 Å². The van der Waals surface area contributed by atoms with Crippen LogP contribution < -0.4 is 20.1 Å². The van der Waals surface area contributed by atoms with E-state index in [4.69, 9.17) is 19.4 Å². The molecule has 0 aliphatic carbocycles. The standard InChI is InChI=1S/C25H28N6O3/c1-4-16(3)27-23(32)15-34-18-8-6-7-17(13-18)24-28-21-10-9-19(33-5-2)14-20(21)25(30-24)29-22-11-12-26-31-22/h6-14,16H,4-5,15H2,1-3H3,(H,27,32)(H2,26,28,29,30,31). The molecule has 4 aromatic rings. The first-order valence-corrected chi connectivity index (χ1v) is 11.3. The van der Waals surface area contributed by atoms with Crippen molar-refractivity contribution in [3.63, 3.8) is 0 Å². The molecule has 0 saturated carbocycles. The Balaban J connectivity index is 1.64. The molecular formula is C25H28N6O3. The molecule has 176 valence electrons. The Hall–Kier alpha value is -4.14. The number of hydrogen-bond donors (Lipinski definition) is 3. The predicted molar refractivity (Wildman–Crippen MR) is 131 cm³/mol. The van der Waals surface area contributed by atoms with E-state index in [9.17, 15) is 4.79 Å². The maximum Gasteiger partial charge on any atom is 0.258 e. The highest BCUT2D eigenvalue weighted by atomic mass is 16.5. The summed E-state index contributed by atoms with van der Waals surface area (Å²) in [6.07, 6.45) is 2.53. The van der Waals surface area contributed by atoms with Crippen LogP contribution in [0.15, 0.2) is 54.7 Å². The molecule has 1 unspecified atom stereocenters. The average molecular weight is 461 g/mol. The number of H-pyrrole nitrogens is 1. The summed E-state index contributed by atoms with van der Waals surface area (Å²) in [5.41, 5.74) is 1.53. The second-order valence-corrected chi connectivity index (χ2v) is 7.80. The van der Waals surface area contributed by atoms with Gasteiger partial charge in [0.05, 0.1) is 18.3 Å². The monoisotopic (exact) mass is 460 g/mol. The molecule has 3 N–H and O–H groups in total. The van der Waals surface area contributed by atoms with Crippen LogP contribution in [-0.4, -0.2) is 45.3 Å². The fraction of sp³-hybridized carbons (Fsp3) is 0.280. The quantitative estimate of drug-likeness (QED) is 0.320. The van der Waals surface area contributed by atoms with Gasteiger partial charge < -0.3 is 20.1 Å². The number of aromatic nitrogens is 4. The molecule has 1 atom stereocenters. The molecule has 9 nitrogen and oxygen atoms in total. The summed E-state index contributed by atoms with van der Waals surface area (Å²) in [4.78, 5) is 21.6. The van der Waals surface area contributed by atoms with E-state index in [-0.39, 0.29) is 18.6 Å². The van der Waals surface area contributed by atoms with Gasteiger partial charge in [-0.3, -0.25) is 9.89 Å². The van der Waals surface area contributed by atoms with Crippen molar-refractivity contribution in [3.05, 3.63) is 54.7 Å². The summed E-state index contributed by atoms with van der Waals surface area (Å²) in [7, 11) is 0. The Labute approximate surface area is 197 Å². The molecule has 0 saturated heterocycles. The zero-order valence-corrected chi connectivity index (χ0v) is 19.5. The number of anilines is 2. The second kappa shape index (κ2) is 10.7. The van der Waals surface area contributed by atoms with Crippen LogP contribution in [0.25, 0.3) is 22.3 Å². The van der Waals surface area contributed by atoms with Crippen LogP contribution in [0.5, 0.6) is 11.5 Å². The highest BCUT2D eigenvalue weighted by molar-refractivity contribution is 5.93. The number of fused-ring (bicyclic) bond motifs is 1. The molecule has 0 spiro atoms. The van der Waals surface area contributed by atoms with Crippen LogP contribution in [0.2, 0.25) is 0 Å². The Bertz CT molecular complexity index is 1260. The highest BCUT2D eigenvalue weighted by Crippen LogP contribution is 2.30. The van der Waals surface area contributed by atoms with Gasteiger partial charge in [-0.1, -0.05) is 19.1 Å². The third kappa shape index (κ3) is 5.61. The zero-order valence-electron chi connectivity index (χ0n) is 19.5. The second-order valence-electron chi connectivity index (χ2n) is 7.80. The Morgan fingerprint density at radius 2 is 1.91 bits per heavy atom. The van der Waals surface area contributed by atoms with Crippen LogP contribution in [0, 0.1) is 0 Å². The van der Waals surface area contributed by atoms with Crippen molar-refractivity contribution >= 4 is 28.4 Å². The molecular weight excluding hydrogens is 432 g/mol. The van der Waals surface area contributed by atoms with Crippen LogP contribution >= 0.6 is 0 Å². The van der Waals surface area contributed by atoms with E-state index >= 15 is 0 Å². The van der Waals surface area contributed by atoms with Crippen molar-refractivity contribution in [2.24, 2.45) is 0 Å². The largest absolute Gasteiger partial charge is 0.494 e. The molecule has 9 heteroatoms. The number of benzene rings is 2. The molecule has 2 heterocycles. The molecule has 2 aromatic carbocycles. The van der Waals surface area contributed by atoms with Gasteiger partial charge in [0.15, 0.2) is 12.4 Å². The number of carbonyl (C=O) groups excluding carboxylic acids is 1. The third-order valence-corrected chi connectivity index (χ3v) is 5.21. The minimum absolute atomic E-state index is 0.0563. The van der Waals surface area contributed by atoms with Gasteiger partial charge in [-0.25, -0.2) is 9.97 Å². The van der Waals surface area contributed by atoms with Crippen LogP contribution in [0.3, 0.4) is 0 Å². The van der Waals surface area contributed by atoms with Crippen molar-refractivity contribution in [2.45, 2.75) is 33.2 Å². The molecule has 1 amide bonds. The lowest BCUT2D eigenvalue weighted by Crippen LogP contribution is -2.35. The number of hydrogen-bond acceptors (Lipinski definition) is 7.